The zero-order valence-electron chi connectivity index (χ0n) is 12.7. The number of aryl methyl sites for hydroxylation is 1. The first-order valence-corrected chi connectivity index (χ1v) is 7.75. The maximum Gasteiger partial charge on any atom is 0.0399 e. The molecule has 0 aliphatic carbocycles. The van der Waals surface area contributed by atoms with Crippen LogP contribution in [0.25, 0.3) is 0 Å². The van der Waals surface area contributed by atoms with E-state index in [1.807, 2.05) is 0 Å². The summed E-state index contributed by atoms with van der Waals surface area (Å²) in [5, 5.41) is 0. The summed E-state index contributed by atoms with van der Waals surface area (Å²) in [7, 11) is 0. The first kappa shape index (κ1) is 14.4. The fourth-order valence-electron chi connectivity index (χ4n) is 3.13. The van der Waals surface area contributed by atoms with Crippen LogP contribution in [0, 0.1) is 5.92 Å². The number of anilines is 1. The Bertz CT molecular complexity index is 412. The first-order valence-electron chi connectivity index (χ1n) is 7.75. The molecule has 0 bridgehead atoms. The van der Waals surface area contributed by atoms with Crippen LogP contribution in [-0.2, 0) is 6.42 Å². The van der Waals surface area contributed by atoms with E-state index in [0.717, 1.165) is 5.92 Å². The third kappa shape index (κ3) is 3.50. The molecule has 19 heavy (non-hydrogen) atoms. The quantitative estimate of drug-likeness (QED) is 0.870. The lowest BCUT2D eigenvalue weighted by atomic mass is 9.95. The monoisotopic (exact) mass is 260 g/mol. The van der Waals surface area contributed by atoms with Crippen molar-refractivity contribution in [3.05, 3.63) is 29.3 Å². The number of nitrogens with zero attached hydrogens (tertiary/aromatic N) is 1. The predicted molar refractivity (Wildman–Crippen MR) is 83.7 cm³/mol. The molecule has 2 heteroatoms. The summed E-state index contributed by atoms with van der Waals surface area (Å²) in [5.41, 5.74) is 10.2. The van der Waals surface area contributed by atoms with Crippen LogP contribution in [0.5, 0.6) is 0 Å². The Morgan fingerprint density at radius 1 is 1.32 bits per heavy atom. The van der Waals surface area contributed by atoms with Crippen molar-refractivity contribution >= 4 is 5.69 Å². The molecule has 1 heterocycles. The Morgan fingerprint density at radius 2 is 2.11 bits per heavy atom. The average Bonchev–Trinajstić information content (AvgIpc) is 2.38. The summed E-state index contributed by atoms with van der Waals surface area (Å²) in [4.78, 5) is 2.57. The van der Waals surface area contributed by atoms with Crippen LogP contribution < -0.4 is 10.6 Å². The van der Waals surface area contributed by atoms with E-state index in [1.54, 1.807) is 0 Å². The maximum atomic E-state index is 5.99. The van der Waals surface area contributed by atoms with E-state index >= 15 is 0 Å². The van der Waals surface area contributed by atoms with Gasteiger partial charge in [-0.2, -0.15) is 0 Å². The molecule has 0 radical (unpaired) electrons. The van der Waals surface area contributed by atoms with Crippen LogP contribution in [-0.4, -0.2) is 13.1 Å². The standard InChI is InChI=1S/C17H28N2/c1-4-6-13(2)12-19-10-5-7-16-11-15(14(3)18)8-9-17(16)19/h8-9,11,13-14H,4-7,10,12,18H2,1-3H3. The van der Waals surface area contributed by atoms with Crippen LogP contribution in [0.15, 0.2) is 18.2 Å². The molecule has 1 aliphatic heterocycles. The van der Waals surface area contributed by atoms with Gasteiger partial charge in [-0.15, -0.1) is 0 Å². The highest BCUT2D eigenvalue weighted by Crippen LogP contribution is 2.30. The molecule has 1 aromatic rings. The molecule has 2 N–H and O–H groups in total. The third-order valence-corrected chi connectivity index (χ3v) is 4.16. The molecule has 2 nitrogen and oxygen atoms in total. The van der Waals surface area contributed by atoms with Gasteiger partial charge in [-0.05, 0) is 49.3 Å². The molecule has 0 saturated carbocycles. The van der Waals surface area contributed by atoms with Crippen LogP contribution in [0.3, 0.4) is 0 Å². The first-order chi connectivity index (χ1) is 9.11. The van der Waals surface area contributed by atoms with E-state index in [0.29, 0.717) is 0 Å². The van der Waals surface area contributed by atoms with Crippen molar-refractivity contribution in [2.45, 2.75) is 52.5 Å². The topological polar surface area (TPSA) is 29.3 Å². The fourth-order valence-corrected chi connectivity index (χ4v) is 3.13. The van der Waals surface area contributed by atoms with Gasteiger partial charge in [-0.1, -0.05) is 32.4 Å². The molecule has 0 saturated heterocycles. The van der Waals surface area contributed by atoms with Crippen molar-refractivity contribution in [3.63, 3.8) is 0 Å². The Kier molecular flexibility index (Phi) is 4.87. The molecule has 0 amide bonds. The van der Waals surface area contributed by atoms with E-state index in [1.165, 1.54) is 55.6 Å². The highest BCUT2D eigenvalue weighted by molar-refractivity contribution is 5.57. The maximum absolute atomic E-state index is 5.99. The fraction of sp³-hybridized carbons (Fsp3) is 0.647. The normalized spacial score (nSPS) is 18.0. The minimum Gasteiger partial charge on any atom is -0.371 e. The molecule has 2 atom stereocenters. The Morgan fingerprint density at radius 3 is 2.79 bits per heavy atom. The summed E-state index contributed by atoms with van der Waals surface area (Å²) < 4.78 is 0. The van der Waals surface area contributed by atoms with Gasteiger partial charge in [0.05, 0.1) is 0 Å². The van der Waals surface area contributed by atoms with Crippen LogP contribution >= 0.6 is 0 Å². The van der Waals surface area contributed by atoms with Crippen LogP contribution in [0.1, 0.15) is 57.2 Å². The minimum absolute atomic E-state index is 0.139. The van der Waals surface area contributed by atoms with Gasteiger partial charge in [0.1, 0.15) is 0 Å². The van der Waals surface area contributed by atoms with E-state index in [4.69, 9.17) is 5.73 Å². The average molecular weight is 260 g/mol. The summed E-state index contributed by atoms with van der Waals surface area (Å²) in [6.45, 7) is 9.10. The molecular weight excluding hydrogens is 232 g/mol. The molecular formula is C17H28N2. The van der Waals surface area contributed by atoms with Crippen molar-refractivity contribution < 1.29 is 0 Å². The molecule has 0 spiro atoms. The summed E-state index contributed by atoms with van der Waals surface area (Å²) in [5.74, 6) is 0.782. The third-order valence-electron chi connectivity index (χ3n) is 4.16. The second kappa shape index (κ2) is 6.42. The summed E-state index contributed by atoms with van der Waals surface area (Å²) in [6, 6.07) is 6.94. The molecule has 1 aromatic carbocycles. The zero-order valence-corrected chi connectivity index (χ0v) is 12.7. The molecule has 1 aliphatic rings. The molecule has 0 fully saturated rings. The highest BCUT2D eigenvalue weighted by atomic mass is 15.1. The number of nitrogens with two attached hydrogens (primary N) is 1. The van der Waals surface area contributed by atoms with Crippen molar-refractivity contribution in [1.29, 1.82) is 0 Å². The van der Waals surface area contributed by atoms with Crippen molar-refractivity contribution in [2.75, 3.05) is 18.0 Å². The summed E-state index contributed by atoms with van der Waals surface area (Å²) >= 11 is 0. The van der Waals surface area contributed by atoms with E-state index < -0.39 is 0 Å². The van der Waals surface area contributed by atoms with Crippen molar-refractivity contribution in [3.8, 4) is 0 Å². The van der Waals surface area contributed by atoms with Gasteiger partial charge in [-0.25, -0.2) is 0 Å². The predicted octanol–water partition coefficient (Wildman–Crippen LogP) is 3.90. The largest absolute Gasteiger partial charge is 0.371 e. The van der Waals surface area contributed by atoms with Gasteiger partial charge in [0, 0.05) is 24.8 Å². The Balaban J connectivity index is 2.15. The van der Waals surface area contributed by atoms with E-state index in [2.05, 4.69) is 43.9 Å². The minimum atomic E-state index is 0.139. The Labute approximate surface area is 118 Å². The van der Waals surface area contributed by atoms with E-state index in [-0.39, 0.29) is 6.04 Å². The highest BCUT2D eigenvalue weighted by Gasteiger charge is 2.19. The number of fused-ring (bicyclic) bond motifs is 1. The lowest BCUT2D eigenvalue weighted by Gasteiger charge is -2.34. The molecule has 2 unspecified atom stereocenters. The number of rotatable bonds is 5. The van der Waals surface area contributed by atoms with Gasteiger partial charge < -0.3 is 10.6 Å². The second-order valence-electron chi connectivity index (χ2n) is 6.12. The number of hydrogen-bond acceptors (Lipinski definition) is 2. The van der Waals surface area contributed by atoms with Gasteiger partial charge in [0.15, 0.2) is 0 Å². The lowest BCUT2D eigenvalue weighted by molar-refractivity contribution is 0.502. The van der Waals surface area contributed by atoms with Crippen molar-refractivity contribution in [2.24, 2.45) is 11.7 Å². The lowest BCUT2D eigenvalue weighted by Crippen LogP contribution is -2.33. The van der Waals surface area contributed by atoms with Crippen LogP contribution in [0.4, 0.5) is 5.69 Å². The SMILES string of the molecule is CCCC(C)CN1CCCc2cc(C(C)N)ccc21. The van der Waals surface area contributed by atoms with Gasteiger partial charge >= 0.3 is 0 Å². The van der Waals surface area contributed by atoms with Gasteiger partial charge in [-0.3, -0.25) is 0 Å². The van der Waals surface area contributed by atoms with Crippen molar-refractivity contribution in [1.82, 2.24) is 0 Å². The summed E-state index contributed by atoms with van der Waals surface area (Å²) in [6.07, 6.45) is 5.08. The number of benzene rings is 1. The van der Waals surface area contributed by atoms with Crippen LogP contribution in [0.2, 0.25) is 0 Å². The smallest absolute Gasteiger partial charge is 0.0399 e. The number of hydrogen-bond donors (Lipinski definition) is 1. The van der Waals surface area contributed by atoms with Gasteiger partial charge in [0.2, 0.25) is 0 Å². The molecule has 0 aromatic heterocycles. The Hall–Kier alpha value is -1.02. The van der Waals surface area contributed by atoms with E-state index in [9.17, 15) is 0 Å². The van der Waals surface area contributed by atoms with Gasteiger partial charge in [0.25, 0.3) is 0 Å². The molecule has 106 valence electrons. The molecule has 2 rings (SSSR count). The second-order valence-corrected chi connectivity index (χ2v) is 6.12. The zero-order chi connectivity index (χ0) is 13.8.